The molecule has 1 N–H and O–H groups in total. The Balaban J connectivity index is 1.55. The third-order valence-corrected chi connectivity index (χ3v) is 6.41. The van der Waals surface area contributed by atoms with Crippen molar-refractivity contribution in [3.63, 3.8) is 0 Å². The smallest absolute Gasteiger partial charge is 0.328 e. The molecule has 9 heteroatoms. The third kappa shape index (κ3) is 4.70. The molecule has 0 spiro atoms. The second-order valence-electron chi connectivity index (χ2n) is 8.31. The fourth-order valence-corrected chi connectivity index (χ4v) is 4.32. The molecule has 4 rings (SSSR count). The van der Waals surface area contributed by atoms with Crippen LogP contribution in [0.4, 0.5) is 0 Å². The van der Waals surface area contributed by atoms with Gasteiger partial charge in [0.15, 0.2) is 11.5 Å². The highest BCUT2D eigenvalue weighted by molar-refractivity contribution is 5.97. The van der Waals surface area contributed by atoms with Crippen LogP contribution in [0.1, 0.15) is 22.8 Å². The molecule has 1 aromatic heterocycles. The Kier molecular flexibility index (Phi) is 7.02. The highest BCUT2D eigenvalue weighted by atomic mass is 16.5. The van der Waals surface area contributed by atoms with Crippen LogP contribution in [0, 0.1) is 0 Å². The van der Waals surface area contributed by atoms with E-state index >= 15 is 0 Å². The number of piperazine rings is 1. The molecule has 9 nitrogen and oxygen atoms in total. The highest BCUT2D eigenvalue weighted by Gasteiger charge is 2.22. The summed E-state index contributed by atoms with van der Waals surface area (Å²) in [5.74, 6) is 1.12. The van der Waals surface area contributed by atoms with E-state index < -0.39 is 5.69 Å². The van der Waals surface area contributed by atoms with E-state index in [1.165, 1.54) is 4.57 Å². The van der Waals surface area contributed by atoms with Gasteiger partial charge < -0.3 is 24.3 Å². The number of aromatic nitrogens is 2. The molecule has 0 bridgehead atoms. The average Bonchev–Trinajstić information content (AvgIpc) is 2.87. The Bertz CT molecular complexity index is 1300. The van der Waals surface area contributed by atoms with Crippen molar-refractivity contribution in [2.75, 3.05) is 46.9 Å². The van der Waals surface area contributed by atoms with Crippen LogP contribution in [-0.2, 0) is 13.0 Å². The molecule has 34 heavy (non-hydrogen) atoms. The first-order valence-corrected chi connectivity index (χ1v) is 11.4. The number of methoxy groups -OCH3 is 2. The first-order valence-electron chi connectivity index (χ1n) is 11.4. The van der Waals surface area contributed by atoms with Crippen molar-refractivity contribution in [3.8, 4) is 11.5 Å². The number of nitrogens with zero attached hydrogens (tertiary/aromatic N) is 3. The predicted octanol–water partition coefficient (Wildman–Crippen LogP) is 1.73. The van der Waals surface area contributed by atoms with Gasteiger partial charge >= 0.3 is 5.69 Å². The number of fused-ring (bicyclic) bond motifs is 1. The van der Waals surface area contributed by atoms with Gasteiger partial charge in [-0.1, -0.05) is 13.0 Å². The van der Waals surface area contributed by atoms with Crippen LogP contribution in [0.2, 0.25) is 0 Å². The molecule has 1 amide bonds. The van der Waals surface area contributed by atoms with Crippen LogP contribution in [0.3, 0.4) is 0 Å². The van der Waals surface area contributed by atoms with E-state index in [0.717, 1.165) is 25.2 Å². The number of nitrogens with one attached hydrogen (secondary N) is 1. The first-order chi connectivity index (χ1) is 16.4. The molecule has 1 aliphatic heterocycles. The number of carbonyl (C=O) groups is 1. The number of ether oxygens (including phenoxy) is 2. The number of carbonyl (C=O) groups excluding carboxylic acids is 1. The van der Waals surface area contributed by atoms with Gasteiger partial charge in [-0.25, -0.2) is 4.79 Å². The summed E-state index contributed by atoms with van der Waals surface area (Å²) in [4.78, 5) is 45.6. The number of hydrogen-bond donors (Lipinski definition) is 1. The second-order valence-corrected chi connectivity index (χ2v) is 8.31. The summed E-state index contributed by atoms with van der Waals surface area (Å²) in [6.07, 6.45) is 0.467. The van der Waals surface area contributed by atoms with Crippen LogP contribution < -0.4 is 20.7 Å². The van der Waals surface area contributed by atoms with Gasteiger partial charge in [0, 0.05) is 38.3 Å². The summed E-state index contributed by atoms with van der Waals surface area (Å²) in [5, 5.41) is 0.374. The minimum absolute atomic E-state index is 0.0869. The van der Waals surface area contributed by atoms with Gasteiger partial charge in [-0.3, -0.25) is 14.2 Å². The van der Waals surface area contributed by atoms with Gasteiger partial charge in [-0.15, -0.1) is 0 Å². The summed E-state index contributed by atoms with van der Waals surface area (Å²) in [5.41, 5.74) is 0.869. The Hall–Kier alpha value is -3.59. The fraction of sp³-hybridized carbons (Fsp3) is 0.400. The quantitative estimate of drug-likeness (QED) is 0.570. The molecule has 0 atom stereocenters. The summed E-state index contributed by atoms with van der Waals surface area (Å²) < 4.78 is 11.8. The molecule has 180 valence electrons. The zero-order chi connectivity index (χ0) is 24.2. The van der Waals surface area contributed by atoms with Crippen LogP contribution >= 0.6 is 0 Å². The van der Waals surface area contributed by atoms with E-state index in [1.54, 1.807) is 38.5 Å². The Morgan fingerprint density at radius 2 is 1.71 bits per heavy atom. The second kappa shape index (κ2) is 10.1. The summed E-state index contributed by atoms with van der Waals surface area (Å²) in [7, 11) is 3.13. The van der Waals surface area contributed by atoms with E-state index in [2.05, 4.69) is 16.8 Å². The standard InChI is InChI=1S/C25H30N4O5/c1-4-27-11-13-28(14-12-27)23(30)18-6-7-19-20(16-18)26-25(32)29(24(19)31)10-9-17-5-8-21(33-2)22(15-17)34-3/h5-8,15-16H,4,9-14H2,1-3H3,(H,26,32). The number of benzene rings is 2. The lowest BCUT2D eigenvalue weighted by molar-refractivity contribution is 0.0643. The Labute approximate surface area is 197 Å². The summed E-state index contributed by atoms with van der Waals surface area (Å²) in [6, 6.07) is 10.4. The largest absolute Gasteiger partial charge is 0.493 e. The third-order valence-electron chi connectivity index (χ3n) is 6.41. The number of likely N-dealkylation sites (N-methyl/N-ethyl adjacent to an activating group) is 1. The molecule has 3 aromatic rings. The van der Waals surface area contributed by atoms with Gasteiger partial charge in [0.1, 0.15) is 0 Å². The first kappa shape index (κ1) is 23.6. The molecule has 0 unspecified atom stereocenters. The van der Waals surface area contributed by atoms with Crippen LogP contribution in [0.5, 0.6) is 11.5 Å². The summed E-state index contributed by atoms with van der Waals surface area (Å²) in [6.45, 7) is 6.31. The maximum absolute atomic E-state index is 13.0. The molecule has 2 heterocycles. The van der Waals surface area contributed by atoms with Crippen LogP contribution in [0.15, 0.2) is 46.0 Å². The average molecular weight is 467 g/mol. The lowest BCUT2D eigenvalue weighted by atomic mass is 10.1. The van der Waals surface area contributed by atoms with Gasteiger partial charge in [0.05, 0.1) is 25.1 Å². The molecular formula is C25H30N4O5. The van der Waals surface area contributed by atoms with Crippen molar-refractivity contribution in [1.29, 1.82) is 0 Å². The number of amides is 1. The van der Waals surface area contributed by atoms with E-state index in [9.17, 15) is 14.4 Å². The minimum atomic E-state index is -0.501. The van der Waals surface area contributed by atoms with Crippen molar-refractivity contribution in [2.45, 2.75) is 19.9 Å². The lowest BCUT2D eigenvalue weighted by Gasteiger charge is -2.34. The molecule has 1 saturated heterocycles. The molecule has 2 aromatic carbocycles. The van der Waals surface area contributed by atoms with Gasteiger partial charge in [-0.2, -0.15) is 0 Å². The van der Waals surface area contributed by atoms with E-state index in [4.69, 9.17) is 9.47 Å². The maximum atomic E-state index is 13.0. The normalized spacial score (nSPS) is 14.4. The van der Waals surface area contributed by atoms with Crippen molar-refractivity contribution >= 4 is 16.8 Å². The fourth-order valence-electron chi connectivity index (χ4n) is 4.32. The zero-order valence-electron chi connectivity index (χ0n) is 19.8. The van der Waals surface area contributed by atoms with Gasteiger partial charge in [0.25, 0.3) is 11.5 Å². The SMILES string of the molecule is CCN1CCN(C(=O)c2ccc3c(=O)n(CCc4ccc(OC)c(OC)c4)c(=O)[nH]c3c2)CC1. The topological polar surface area (TPSA) is 96.9 Å². The predicted molar refractivity (Wildman–Crippen MR) is 130 cm³/mol. The number of hydrogen-bond acceptors (Lipinski definition) is 6. The van der Waals surface area contributed by atoms with Crippen molar-refractivity contribution in [3.05, 3.63) is 68.4 Å². The van der Waals surface area contributed by atoms with Crippen LogP contribution in [-0.4, -0.2) is 72.2 Å². The van der Waals surface area contributed by atoms with E-state index in [1.807, 2.05) is 17.0 Å². The molecule has 0 aliphatic carbocycles. The number of aromatic amines is 1. The number of aryl methyl sites for hydroxylation is 1. The molecule has 0 saturated carbocycles. The Morgan fingerprint density at radius 1 is 0.971 bits per heavy atom. The maximum Gasteiger partial charge on any atom is 0.328 e. The molecule has 0 radical (unpaired) electrons. The minimum Gasteiger partial charge on any atom is -0.493 e. The highest BCUT2D eigenvalue weighted by Crippen LogP contribution is 2.27. The molecular weight excluding hydrogens is 436 g/mol. The molecule has 1 fully saturated rings. The molecule has 1 aliphatic rings. The van der Waals surface area contributed by atoms with E-state index in [-0.39, 0.29) is 18.0 Å². The van der Waals surface area contributed by atoms with Crippen LogP contribution in [0.25, 0.3) is 10.9 Å². The lowest BCUT2D eigenvalue weighted by Crippen LogP contribution is -2.48. The number of H-pyrrole nitrogens is 1. The monoisotopic (exact) mass is 466 g/mol. The van der Waals surface area contributed by atoms with Crippen molar-refractivity contribution in [1.82, 2.24) is 19.4 Å². The number of rotatable bonds is 7. The van der Waals surface area contributed by atoms with Gasteiger partial charge in [-0.05, 0) is 48.9 Å². The zero-order valence-corrected chi connectivity index (χ0v) is 19.8. The van der Waals surface area contributed by atoms with Crippen molar-refractivity contribution < 1.29 is 14.3 Å². The summed E-state index contributed by atoms with van der Waals surface area (Å²) >= 11 is 0. The van der Waals surface area contributed by atoms with E-state index in [0.29, 0.717) is 47.5 Å². The van der Waals surface area contributed by atoms with Gasteiger partial charge in [0.2, 0.25) is 0 Å². The Morgan fingerprint density at radius 3 is 2.38 bits per heavy atom. The van der Waals surface area contributed by atoms with Crippen molar-refractivity contribution in [2.24, 2.45) is 0 Å².